The third kappa shape index (κ3) is 6.90. The molecule has 2 unspecified atom stereocenters. The lowest BCUT2D eigenvalue weighted by Gasteiger charge is -2.38. The number of ether oxygens (including phenoxy) is 4. The number of aromatic nitrogens is 1. The highest BCUT2D eigenvalue weighted by Crippen LogP contribution is 2.43. The van der Waals surface area contributed by atoms with Gasteiger partial charge in [0.15, 0.2) is 0 Å². The normalized spacial score (nSPS) is 20.1. The first-order valence-electron chi connectivity index (χ1n) is 12.2. The number of carbonyl (C=O) groups is 1. The number of rotatable bonds is 8. The van der Waals surface area contributed by atoms with E-state index in [2.05, 4.69) is 4.98 Å². The van der Waals surface area contributed by atoms with Crippen LogP contribution in [0.5, 0.6) is 5.75 Å². The Morgan fingerprint density at radius 1 is 1.18 bits per heavy atom. The number of likely N-dealkylation sites (tertiary alicyclic amines) is 1. The molecular weight excluding hydrogens is 515 g/mol. The lowest BCUT2D eigenvalue weighted by molar-refractivity contribution is -0.220. The van der Waals surface area contributed by atoms with Gasteiger partial charge in [-0.05, 0) is 49.1 Å². The lowest BCUT2D eigenvalue weighted by atomic mass is 9.84. The van der Waals surface area contributed by atoms with Gasteiger partial charge in [-0.2, -0.15) is 13.2 Å². The Bertz CT molecular complexity index is 1070. The quantitative estimate of drug-likeness (QED) is 0.400. The predicted molar refractivity (Wildman–Crippen MR) is 125 cm³/mol. The van der Waals surface area contributed by atoms with Gasteiger partial charge >= 0.3 is 12.3 Å². The zero-order valence-electron chi connectivity index (χ0n) is 20.8. The van der Waals surface area contributed by atoms with Crippen LogP contribution in [0.1, 0.15) is 48.4 Å². The van der Waals surface area contributed by atoms with E-state index in [0.29, 0.717) is 42.9 Å². The first-order chi connectivity index (χ1) is 18.1. The van der Waals surface area contributed by atoms with Crippen LogP contribution in [0, 0.1) is 0 Å². The second kappa shape index (κ2) is 11.8. The predicted octanol–water partition coefficient (Wildman–Crippen LogP) is 5.65. The summed E-state index contributed by atoms with van der Waals surface area (Å²) < 4.78 is 87.7. The largest absolute Gasteiger partial charge is 0.497 e. The molecule has 3 heterocycles. The zero-order chi connectivity index (χ0) is 27.3. The van der Waals surface area contributed by atoms with Gasteiger partial charge in [-0.1, -0.05) is 12.1 Å². The van der Waals surface area contributed by atoms with Gasteiger partial charge in [0.25, 0.3) is 6.43 Å². The molecule has 4 rings (SSSR count). The van der Waals surface area contributed by atoms with Crippen molar-refractivity contribution in [1.29, 1.82) is 0 Å². The highest BCUT2D eigenvalue weighted by Gasteiger charge is 2.47. The maximum Gasteiger partial charge on any atom is 0.427 e. The SMILES string of the molecule is COc1ccc(COCC(OC(=O)N2CCC3(CC2)CC(c2cc(C(F)F)ccn2)CO3)C(F)(F)F)cc1. The monoisotopic (exact) mass is 544 g/mol. The molecule has 0 bridgehead atoms. The van der Waals surface area contributed by atoms with E-state index in [-0.39, 0.29) is 31.2 Å². The summed E-state index contributed by atoms with van der Waals surface area (Å²) in [6.07, 6.45) is -8.24. The van der Waals surface area contributed by atoms with E-state index in [1.165, 1.54) is 30.3 Å². The summed E-state index contributed by atoms with van der Waals surface area (Å²) in [6.45, 7) is -0.338. The Balaban J connectivity index is 1.27. The molecule has 2 aliphatic heterocycles. The summed E-state index contributed by atoms with van der Waals surface area (Å²) in [4.78, 5) is 18.0. The molecule has 2 saturated heterocycles. The fourth-order valence-corrected chi connectivity index (χ4v) is 4.70. The van der Waals surface area contributed by atoms with Crippen LogP contribution in [0.3, 0.4) is 0 Å². The van der Waals surface area contributed by atoms with Gasteiger partial charge in [-0.25, -0.2) is 13.6 Å². The van der Waals surface area contributed by atoms with Crippen LogP contribution < -0.4 is 4.74 Å². The number of methoxy groups -OCH3 is 1. The smallest absolute Gasteiger partial charge is 0.427 e. The number of halogens is 5. The molecule has 1 amide bonds. The fourth-order valence-electron chi connectivity index (χ4n) is 4.70. The third-order valence-corrected chi connectivity index (χ3v) is 6.92. The molecule has 208 valence electrons. The van der Waals surface area contributed by atoms with Crippen molar-refractivity contribution in [3.05, 3.63) is 59.4 Å². The Labute approximate surface area is 216 Å². The van der Waals surface area contributed by atoms with Crippen LogP contribution in [-0.2, 0) is 20.8 Å². The number of amides is 1. The van der Waals surface area contributed by atoms with Crippen molar-refractivity contribution >= 4 is 6.09 Å². The fraction of sp³-hybridized carbons (Fsp3) is 0.538. The van der Waals surface area contributed by atoms with Gasteiger partial charge < -0.3 is 23.8 Å². The summed E-state index contributed by atoms with van der Waals surface area (Å²) in [5, 5.41) is 0. The van der Waals surface area contributed by atoms with Crippen LogP contribution >= 0.6 is 0 Å². The third-order valence-electron chi connectivity index (χ3n) is 6.92. The lowest BCUT2D eigenvalue weighted by Crippen LogP contribution is -2.49. The molecule has 2 fully saturated rings. The van der Waals surface area contributed by atoms with E-state index >= 15 is 0 Å². The van der Waals surface area contributed by atoms with Crippen molar-refractivity contribution in [2.75, 3.05) is 33.4 Å². The van der Waals surface area contributed by atoms with Crippen LogP contribution in [0.15, 0.2) is 42.6 Å². The molecule has 1 spiro atoms. The van der Waals surface area contributed by atoms with Crippen LogP contribution in [-0.4, -0.2) is 67.3 Å². The van der Waals surface area contributed by atoms with Crippen molar-refractivity contribution in [1.82, 2.24) is 9.88 Å². The van der Waals surface area contributed by atoms with E-state index in [9.17, 15) is 26.7 Å². The van der Waals surface area contributed by atoms with E-state index in [0.717, 1.165) is 0 Å². The molecule has 0 N–H and O–H groups in total. The molecule has 0 saturated carbocycles. The summed E-state index contributed by atoms with van der Waals surface area (Å²) in [5.74, 6) is 0.431. The molecule has 1 aromatic carbocycles. The van der Waals surface area contributed by atoms with E-state index in [4.69, 9.17) is 18.9 Å². The van der Waals surface area contributed by atoms with Crippen LogP contribution in [0.2, 0.25) is 0 Å². The Hall–Kier alpha value is -2.99. The number of piperidine rings is 1. The minimum absolute atomic E-state index is 0.0893. The highest BCUT2D eigenvalue weighted by atomic mass is 19.4. The summed E-state index contributed by atoms with van der Waals surface area (Å²) in [7, 11) is 1.50. The number of carbonyl (C=O) groups excluding carboxylic acids is 1. The zero-order valence-corrected chi connectivity index (χ0v) is 20.8. The summed E-state index contributed by atoms with van der Waals surface area (Å²) >= 11 is 0. The minimum atomic E-state index is -4.80. The topological polar surface area (TPSA) is 70.1 Å². The van der Waals surface area contributed by atoms with Gasteiger partial charge in [0, 0.05) is 36.5 Å². The maximum absolute atomic E-state index is 13.5. The molecule has 38 heavy (non-hydrogen) atoms. The second-order valence-corrected chi connectivity index (χ2v) is 9.47. The number of benzene rings is 1. The Morgan fingerprint density at radius 2 is 1.89 bits per heavy atom. The van der Waals surface area contributed by atoms with Crippen molar-refractivity contribution in [3.8, 4) is 5.75 Å². The molecule has 1 aromatic heterocycles. The van der Waals surface area contributed by atoms with Crippen molar-refractivity contribution in [3.63, 3.8) is 0 Å². The molecule has 0 radical (unpaired) electrons. The standard InChI is InChI=1S/C26H29F5N2O5/c1-35-20-4-2-17(3-5-20)14-36-16-22(26(29,30)31)38-24(34)33-10-7-25(8-11-33)13-19(15-37-25)21-12-18(23(27)28)6-9-32-21/h2-6,9,12,19,22-23H,7-8,10-11,13-16H2,1H3. The molecule has 2 atom stereocenters. The summed E-state index contributed by atoms with van der Waals surface area (Å²) in [6, 6.07) is 9.30. The van der Waals surface area contributed by atoms with Gasteiger partial charge in [-0.15, -0.1) is 0 Å². The molecule has 12 heteroatoms. The van der Waals surface area contributed by atoms with Crippen LogP contribution in [0.4, 0.5) is 26.7 Å². The molecular formula is C26H29F5N2O5. The first kappa shape index (κ1) is 28.0. The average Bonchev–Trinajstić information content (AvgIpc) is 3.31. The number of alkyl halides is 5. The number of hydrogen-bond donors (Lipinski definition) is 0. The Morgan fingerprint density at radius 3 is 2.53 bits per heavy atom. The van der Waals surface area contributed by atoms with Crippen molar-refractivity contribution in [2.45, 2.75) is 56.1 Å². The summed E-state index contributed by atoms with van der Waals surface area (Å²) in [5.41, 5.74) is 0.463. The molecule has 0 aliphatic carbocycles. The van der Waals surface area contributed by atoms with Crippen LogP contribution in [0.25, 0.3) is 0 Å². The van der Waals surface area contributed by atoms with Gasteiger partial charge in [0.05, 0.1) is 32.5 Å². The number of hydrogen-bond acceptors (Lipinski definition) is 6. The van der Waals surface area contributed by atoms with Crippen molar-refractivity contribution < 1.29 is 45.7 Å². The first-order valence-corrected chi connectivity index (χ1v) is 12.2. The molecule has 2 aliphatic rings. The van der Waals surface area contributed by atoms with E-state index in [1.54, 1.807) is 24.3 Å². The number of pyridine rings is 1. The number of nitrogens with zero attached hydrogens (tertiary/aromatic N) is 2. The molecule has 7 nitrogen and oxygen atoms in total. The minimum Gasteiger partial charge on any atom is -0.497 e. The van der Waals surface area contributed by atoms with Gasteiger partial charge in [-0.3, -0.25) is 4.98 Å². The van der Waals surface area contributed by atoms with E-state index in [1.807, 2.05) is 0 Å². The van der Waals surface area contributed by atoms with Crippen molar-refractivity contribution in [2.24, 2.45) is 0 Å². The second-order valence-electron chi connectivity index (χ2n) is 9.47. The van der Waals surface area contributed by atoms with Gasteiger partial charge in [0.2, 0.25) is 6.10 Å². The average molecular weight is 545 g/mol. The van der Waals surface area contributed by atoms with E-state index < -0.39 is 37.0 Å². The maximum atomic E-state index is 13.5. The Kier molecular flexibility index (Phi) is 8.71. The molecule has 2 aromatic rings. The van der Waals surface area contributed by atoms with Gasteiger partial charge in [0.1, 0.15) is 5.75 Å². The highest BCUT2D eigenvalue weighted by molar-refractivity contribution is 5.68.